The molecule has 1 fully saturated rings. The van der Waals surface area contributed by atoms with E-state index in [0.717, 1.165) is 52.1 Å². The van der Waals surface area contributed by atoms with Crippen LogP contribution in [0, 0.1) is 0 Å². The zero-order valence-corrected chi connectivity index (χ0v) is 17.9. The van der Waals surface area contributed by atoms with Crippen molar-refractivity contribution in [2.24, 2.45) is 9.98 Å². The standard InChI is InChI=1S/C23H25ClN4O2/c1-29-21-13-20-16(12-22(21)30-11-5-10-27-8-2-3-9-27)23-26-19-7-4-6-18(24)17(19)14-28(23)15-25-20/h4,6-7,12-13,15H,2-3,5,8-11,14H2,1H3. The molecule has 30 heavy (non-hydrogen) atoms. The molecule has 0 spiro atoms. The molecule has 0 aromatic heterocycles. The summed E-state index contributed by atoms with van der Waals surface area (Å²) in [5, 5.41) is 0.728. The number of likely N-dealkylation sites (tertiary alicyclic amines) is 1. The molecule has 156 valence electrons. The van der Waals surface area contributed by atoms with Crippen molar-refractivity contribution in [2.75, 3.05) is 33.4 Å². The fourth-order valence-corrected chi connectivity index (χ4v) is 4.49. The van der Waals surface area contributed by atoms with Crippen molar-refractivity contribution in [3.63, 3.8) is 0 Å². The van der Waals surface area contributed by atoms with Gasteiger partial charge in [-0.3, -0.25) is 0 Å². The largest absolute Gasteiger partial charge is 0.493 e. The van der Waals surface area contributed by atoms with Gasteiger partial charge in [-0.1, -0.05) is 17.7 Å². The Labute approximate surface area is 181 Å². The second kappa shape index (κ2) is 8.28. The van der Waals surface area contributed by atoms with Gasteiger partial charge in [-0.15, -0.1) is 0 Å². The van der Waals surface area contributed by atoms with Crippen LogP contribution >= 0.6 is 11.6 Å². The Morgan fingerprint density at radius 2 is 1.97 bits per heavy atom. The van der Waals surface area contributed by atoms with Gasteiger partial charge in [0, 0.05) is 28.8 Å². The minimum absolute atomic E-state index is 0.648. The molecule has 0 bridgehead atoms. The molecule has 0 amide bonds. The molecule has 7 heteroatoms. The molecule has 2 aromatic rings. The highest BCUT2D eigenvalue weighted by molar-refractivity contribution is 6.32. The van der Waals surface area contributed by atoms with Crippen LogP contribution in [-0.4, -0.2) is 55.3 Å². The van der Waals surface area contributed by atoms with Gasteiger partial charge in [0.15, 0.2) is 11.5 Å². The first-order valence-corrected chi connectivity index (χ1v) is 10.9. The second-order valence-corrected chi connectivity index (χ2v) is 8.22. The number of hydrogen-bond donors (Lipinski definition) is 0. The number of hydrogen-bond acceptors (Lipinski definition) is 6. The number of rotatable bonds is 6. The lowest BCUT2D eigenvalue weighted by Crippen LogP contribution is -2.34. The number of halogens is 1. The molecule has 5 rings (SSSR count). The fraction of sp³-hybridized carbons (Fsp3) is 0.391. The van der Waals surface area contributed by atoms with Crippen LogP contribution in [0.5, 0.6) is 11.5 Å². The van der Waals surface area contributed by atoms with Gasteiger partial charge >= 0.3 is 0 Å². The minimum atomic E-state index is 0.648. The lowest BCUT2D eigenvalue weighted by Gasteiger charge is -2.31. The molecule has 0 saturated carbocycles. The van der Waals surface area contributed by atoms with Crippen LogP contribution in [0.25, 0.3) is 0 Å². The Hall–Kier alpha value is -2.57. The number of amidine groups is 1. The fourth-order valence-electron chi connectivity index (χ4n) is 4.26. The Kier molecular flexibility index (Phi) is 5.35. The maximum Gasteiger partial charge on any atom is 0.162 e. The minimum Gasteiger partial charge on any atom is -0.493 e. The van der Waals surface area contributed by atoms with E-state index in [9.17, 15) is 0 Å². The van der Waals surface area contributed by atoms with Crippen LogP contribution in [0.2, 0.25) is 5.02 Å². The monoisotopic (exact) mass is 424 g/mol. The summed E-state index contributed by atoms with van der Waals surface area (Å²) >= 11 is 6.38. The third-order valence-electron chi connectivity index (χ3n) is 5.85. The molecule has 0 aliphatic carbocycles. The van der Waals surface area contributed by atoms with Crippen LogP contribution in [0.4, 0.5) is 11.4 Å². The van der Waals surface area contributed by atoms with Gasteiger partial charge in [0.25, 0.3) is 0 Å². The van der Waals surface area contributed by atoms with E-state index in [0.29, 0.717) is 18.9 Å². The maximum absolute atomic E-state index is 6.38. The van der Waals surface area contributed by atoms with Crippen molar-refractivity contribution in [2.45, 2.75) is 25.8 Å². The molecule has 2 aromatic carbocycles. The quantitative estimate of drug-likeness (QED) is 0.626. The number of nitrogens with zero attached hydrogens (tertiary/aromatic N) is 4. The first-order valence-electron chi connectivity index (χ1n) is 10.5. The third kappa shape index (κ3) is 3.66. The van der Waals surface area contributed by atoms with Crippen molar-refractivity contribution in [1.82, 2.24) is 9.80 Å². The predicted molar refractivity (Wildman–Crippen MR) is 120 cm³/mol. The predicted octanol–water partition coefficient (Wildman–Crippen LogP) is 4.78. The summed E-state index contributed by atoms with van der Waals surface area (Å²) in [5.74, 6) is 2.29. The molecule has 6 nitrogen and oxygen atoms in total. The third-order valence-corrected chi connectivity index (χ3v) is 6.21. The van der Waals surface area contributed by atoms with E-state index in [1.54, 1.807) is 7.11 Å². The SMILES string of the molecule is COc1cc2c(cc1OCCCN1CCCC1)C1=Nc3cccc(Cl)c3CN1C=N2. The summed E-state index contributed by atoms with van der Waals surface area (Å²) in [5.41, 5.74) is 3.69. The van der Waals surface area contributed by atoms with Gasteiger partial charge in [0.05, 0.1) is 38.0 Å². The van der Waals surface area contributed by atoms with Crippen molar-refractivity contribution in [3.05, 3.63) is 46.5 Å². The highest BCUT2D eigenvalue weighted by Gasteiger charge is 2.27. The van der Waals surface area contributed by atoms with Crippen molar-refractivity contribution >= 4 is 35.1 Å². The van der Waals surface area contributed by atoms with E-state index >= 15 is 0 Å². The van der Waals surface area contributed by atoms with Gasteiger partial charge in [0.1, 0.15) is 5.84 Å². The highest BCUT2D eigenvalue weighted by Crippen LogP contribution is 2.40. The van der Waals surface area contributed by atoms with Crippen LogP contribution in [0.1, 0.15) is 30.4 Å². The number of fused-ring (bicyclic) bond motifs is 4. The smallest absolute Gasteiger partial charge is 0.162 e. The lowest BCUT2D eigenvalue weighted by atomic mass is 10.0. The van der Waals surface area contributed by atoms with E-state index in [1.165, 1.54) is 25.9 Å². The Morgan fingerprint density at radius 1 is 1.10 bits per heavy atom. The van der Waals surface area contributed by atoms with E-state index < -0.39 is 0 Å². The summed E-state index contributed by atoms with van der Waals surface area (Å²) in [6, 6.07) is 9.75. The molecule has 0 atom stereocenters. The van der Waals surface area contributed by atoms with E-state index in [2.05, 4.69) is 9.89 Å². The Balaban J connectivity index is 1.40. The molecule has 3 aliphatic rings. The molecule has 3 heterocycles. The average molecular weight is 425 g/mol. The van der Waals surface area contributed by atoms with Gasteiger partial charge in [-0.25, -0.2) is 9.98 Å². The van der Waals surface area contributed by atoms with Gasteiger partial charge < -0.3 is 19.3 Å². The van der Waals surface area contributed by atoms with Crippen LogP contribution < -0.4 is 9.47 Å². The zero-order chi connectivity index (χ0) is 20.5. The van der Waals surface area contributed by atoms with Crippen molar-refractivity contribution < 1.29 is 9.47 Å². The number of benzene rings is 2. The van der Waals surface area contributed by atoms with Crippen molar-refractivity contribution in [1.29, 1.82) is 0 Å². The number of ether oxygens (including phenoxy) is 2. The van der Waals surface area contributed by atoms with Crippen LogP contribution in [0.3, 0.4) is 0 Å². The normalized spacial score (nSPS) is 17.3. The topological polar surface area (TPSA) is 49.7 Å². The summed E-state index contributed by atoms with van der Waals surface area (Å²) < 4.78 is 11.7. The molecule has 0 N–H and O–H groups in total. The van der Waals surface area contributed by atoms with E-state index in [4.69, 9.17) is 26.1 Å². The Bertz CT molecular complexity index is 1010. The van der Waals surface area contributed by atoms with Gasteiger partial charge in [0.2, 0.25) is 0 Å². The summed E-state index contributed by atoms with van der Waals surface area (Å²) in [6.45, 7) is 4.80. The van der Waals surface area contributed by atoms with Crippen LogP contribution in [-0.2, 0) is 6.54 Å². The molecular weight excluding hydrogens is 400 g/mol. The van der Waals surface area contributed by atoms with E-state index in [-0.39, 0.29) is 0 Å². The lowest BCUT2D eigenvalue weighted by molar-refractivity contribution is 0.254. The molecule has 0 unspecified atom stereocenters. The molecule has 3 aliphatic heterocycles. The number of aliphatic imine (C=N–C) groups is 2. The summed E-state index contributed by atoms with van der Waals surface area (Å²) in [6.07, 6.45) is 5.43. The average Bonchev–Trinajstić information content (AvgIpc) is 3.29. The second-order valence-electron chi connectivity index (χ2n) is 7.82. The first-order chi connectivity index (χ1) is 14.7. The zero-order valence-electron chi connectivity index (χ0n) is 17.1. The van der Waals surface area contributed by atoms with Crippen LogP contribution in [0.15, 0.2) is 40.3 Å². The molecule has 1 saturated heterocycles. The summed E-state index contributed by atoms with van der Waals surface area (Å²) in [4.78, 5) is 14.0. The van der Waals surface area contributed by atoms with Gasteiger partial charge in [-0.2, -0.15) is 0 Å². The highest BCUT2D eigenvalue weighted by atomic mass is 35.5. The van der Waals surface area contributed by atoms with E-state index in [1.807, 2.05) is 41.6 Å². The molecular formula is C23H25ClN4O2. The summed E-state index contributed by atoms with van der Waals surface area (Å²) in [7, 11) is 1.66. The number of methoxy groups -OCH3 is 1. The van der Waals surface area contributed by atoms with Crippen molar-refractivity contribution in [3.8, 4) is 11.5 Å². The Morgan fingerprint density at radius 3 is 2.80 bits per heavy atom. The maximum atomic E-state index is 6.38. The van der Waals surface area contributed by atoms with Gasteiger partial charge in [-0.05, 0) is 50.6 Å². The first kappa shape index (κ1) is 19.4. The molecule has 0 radical (unpaired) electrons.